The van der Waals surface area contributed by atoms with Crippen LogP contribution in [0.15, 0.2) is 0 Å². The number of nitrogens with zero attached hydrogens (tertiary/aromatic N) is 2. The van der Waals surface area contributed by atoms with Gasteiger partial charge in [-0.1, -0.05) is 104 Å². The Bertz CT molecular complexity index is 338. The number of rotatable bonds is 26. The molecule has 0 bridgehead atoms. The van der Waals surface area contributed by atoms with E-state index in [4.69, 9.17) is 4.74 Å². The molecule has 3 heteroatoms. The Hall–Kier alpha value is -0.120. The minimum Gasteiger partial charge on any atom is -0.375 e. The van der Waals surface area contributed by atoms with E-state index in [1.54, 1.807) is 0 Å². The number of ether oxygens (including phenoxy) is 1. The van der Waals surface area contributed by atoms with E-state index in [-0.39, 0.29) is 0 Å². The lowest BCUT2D eigenvalue weighted by Gasteiger charge is -2.26. The zero-order valence-electron chi connectivity index (χ0n) is 24.0. The summed E-state index contributed by atoms with van der Waals surface area (Å²) in [4.78, 5) is 4.63. The maximum absolute atomic E-state index is 6.87. The molecule has 0 N–H and O–H groups in total. The van der Waals surface area contributed by atoms with E-state index in [0.717, 1.165) is 0 Å². The van der Waals surface area contributed by atoms with Crippen LogP contribution >= 0.6 is 0 Å². The second-order valence-corrected chi connectivity index (χ2v) is 11.1. The molecule has 200 valence electrons. The topological polar surface area (TPSA) is 15.7 Å². The number of hydrogen-bond donors (Lipinski definition) is 0. The summed E-state index contributed by atoms with van der Waals surface area (Å²) in [6.07, 6.45) is 27.9. The highest BCUT2D eigenvalue weighted by atomic mass is 16.5. The van der Waals surface area contributed by atoms with Crippen LogP contribution in [0.3, 0.4) is 0 Å². The van der Waals surface area contributed by atoms with Crippen molar-refractivity contribution in [2.45, 2.75) is 154 Å². The molecule has 0 spiro atoms. The minimum atomic E-state index is 0.467. The number of unbranched alkanes of at least 4 members (excludes halogenated alkanes) is 12. The van der Waals surface area contributed by atoms with Gasteiger partial charge in [0.2, 0.25) is 0 Å². The van der Waals surface area contributed by atoms with Crippen molar-refractivity contribution in [2.24, 2.45) is 0 Å². The first-order valence-corrected chi connectivity index (χ1v) is 14.9. The van der Waals surface area contributed by atoms with E-state index < -0.39 is 0 Å². The van der Waals surface area contributed by atoms with Gasteiger partial charge < -0.3 is 14.5 Å². The second kappa shape index (κ2) is 25.0. The second-order valence-electron chi connectivity index (χ2n) is 11.1. The average Bonchev–Trinajstić information content (AvgIpc) is 2.76. The lowest BCUT2D eigenvalue weighted by molar-refractivity contribution is -0.0330. The molecule has 0 amide bonds. The normalized spacial score (nSPS) is 13.8. The molecule has 0 fully saturated rings. The van der Waals surface area contributed by atoms with Gasteiger partial charge in [-0.05, 0) is 79.8 Å². The fourth-order valence-corrected chi connectivity index (χ4v) is 4.76. The van der Waals surface area contributed by atoms with E-state index >= 15 is 0 Å². The van der Waals surface area contributed by atoms with Crippen LogP contribution in [-0.2, 0) is 4.74 Å². The van der Waals surface area contributed by atoms with E-state index in [1.165, 1.54) is 142 Å². The summed E-state index contributed by atoms with van der Waals surface area (Å²) in [6.45, 7) is 6.97. The third-order valence-corrected chi connectivity index (χ3v) is 6.91. The highest BCUT2D eigenvalue weighted by Crippen LogP contribution is 2.21. The van der Waals surface area contributed by atoms with Gasteiger partial charge in [0.25, 0.3) is 0 Å². The van der Waals surface area contributed by atoms with Gasteiger partial charge >= 0.3 is 0 Å². The van der Waals surface area contributed by atoms with Gasteiger partial charge in [0.1, 0.15) is 0 Å². The third kappa shape index (κ3) is 24.8. The molecule has 0 heterocycles. The summed E-state index contributed by atoms with van der Waals surface area (Å²) in [5, 5.41) is 0. The van der Waals surface area contributed by atoms with Crippen molar-refractivity contribution in [1.82, 2.24) is 9.80 Å². The Kier molecular flexibility index (Phi) is 24.9. The molecule has 0 aromatic carbocycles. The van der Waals surface area contributed by atoms with Gasteiger partial charge in [0.15, 0.2) is 0 Å². The monoisotopic (exact) mass is 469 g/mol. The first-order chi connectivity index (χ1) is 16.0. The molecular weight excluding hydrogens is 404 g/mol. The molecule has 0 aliphatic heterocycles. The van der Waals surface area contributed by atoms with E-state index in [0.29, 0.717) is 12.2 Å². The summed E-state index contributed by atoms with van der Waals surface area (Å²) in [6, 6.07) is 0. The van der Waals surface area contributed by atoms with E-state index in [2.05, 4.69) is 51.8 Å². The standard InChI is InChI=1S/C30H64N2O/c1-7-9-11-13-15-17-19-23-29(25-21-27-31(3)4)33-30(26-22-28-32(5)6)24-20-18-16-14-12-10-8-2/h29-30H,7-28H2,1-6H3. The van der Waals surface area contributed by atoms with Crippen molar-refractivity contribution in [3.63, 3.8) is 0 Å². The highest BCUT2D eigenvalue weighted by molar-refractivity contribution is 4.67. The molecule has 33 heavy (non-hydrogen) atoms. The number of hydrogen-bond acceptors (Lipinski definition) is 3. The van der Waals surface area contributed by atoms with Crippen LogP contribution in [0.25, 0.3) is 0 Å². The predicted octanol–water partition coefficient (Wildman–Crippen LogP) is 8.71. The molecule has 0 rings (SSSR count). The van der Waals surface area contributed by atoms with Crippen LogP contribution in [-0.4, -0.2) is 63.3 Å². The Morgan fingerprint density at radius 3 is 1.06 bits per heavy atom. The molecular formula is C30H64N2O. The quantitative estimate of drug-likeness (QED) is 0.118. The van der Waals surface area contributed by atoms with Gasteiger partial charge in [-0.15, -0.1) is 0 Å². The van der Waals surface area contributed by atoms with Crippen molar-refractivity contribution < 1.29 is 4.74 Å². The maximum Gasteiger partial charge on any atom is 0.0579 e. The Morgan fingerprint density at radius 1 is 0.424 bits per heavy atom. The largest absolute Gasteiger partial charge is 0.375 e. The molecule has 0 aromatic heterocycles. The molecule has 0 saturated heterocycles. The lowest BCUT2D eigenvalue weighted by atomic mass is 10.0. The van der Waals surface area contributed by atoms with Gasteiger partial charge in [0, 0.05) is 0 Å². The first kappa shape index (κ1) is 32.9. The Labute approximate surface area is 210 Å². The van der Waals surface area contributed by atoms with Gasteiger partial charge in [-0.25, -0.2) is 0 Å². The first-order valence-electron chi connectivity index (χ1n) is 14.9. The minimum absolute atomic E-state index is 0.467. The lowest BCUT2D eigenvalue weighted by Crippen LogP contribution is -2.25. The van der Waals surface area contributed by atoms with E-state index in [1.807, 2.05) is 0 Å². The van der Waals surface area contributed by atoms with Gasteiger partial charge in [-0.2, -0.15) is 0 Å². The van der Waals surface area contributed by atoms with Crippen LogP contribution in [0.5, 0.6) is 0 Å². The van der Waals surface area contributed by atoms with Crippen molar-refractivity contribution in [3.8, 4) is 0 Å². The van der Waals surface area contributed by atoms with Crippen molar-refractivity contribution in [2.75, 3.05) is 41.3 Å². The highest BCUT2D eigenvalue weighted by Gasteiger charge is 2.17. The average molecular weight is 469 g/mol. The third-order valence-electron chi connectivity index (χ3n) is 6.91. The zero-order valence-corrected chi connectivity index (χ0v) is 24.0. The molecule has 0 aliphatic carbocycles. The smallest absolute Gasteiger partial charge is 0.0579 e. The Balaban J connectivity index is 4.52. The summed E-state index contributed by atoms with van der Waals surface area (Å²) < 4.78 is 6.87. The fourth-order valence-electron chi connectivity index (χ4n) is 4.76. The van der Waals surface area contributed by atoms with Crippen molar-refractivity contribution in [1.29, 1.82) is 0 Å². The van der Waals surface area contributed by atoms with Crippen LogP contribution in [0.1, 0.15) is 142 Å². The predicted molar refractivity (Wildman–Crippen MR) is 149 cm³/mol. The van der Waals surface area contributed by atoms with E-state index in [9.17, 15) is 0 Å². The summed E-state index contributed by atoms with van der Waals surface area (Å²) in [7, 11) is 8.76. The summed E-state index contributed by atoms with van der Waals surface area (Å²) >= 11 is 0. The van der Waals surface area contributed by atoms with Crippen LogP contribution in [0.4, 0.5) is 0 Å². The SMILES string of the molecule is CCCCCCCCCC(CCCN(C)C)OC(CCCCCCCCC)CCCN(C)C. The molecule has 2 unspecified atom stereocenters. The maximum atomic E-state index is 6.87. The fraction of sp³-hybridized carbons (Fsp3) is 1.00. The summed E-state index contributed by atoms with van der Waals surface area (Å²) in [5.74, 6) is 0. The van der Waals surface area contributed by atoms with Crippen molar-refractivity contribution >= 4 is 0 Å². The van der Waals surface area contributed by atoms with Crippen LogP contribution in [0.2, 0.25) is 0 Å². The Morgan fingerprint density at radius 2 is 0.727 bits per heavy atom. The molecule has 2 atom stereocenters. The molecule has 3 nitrogen and oxygen atoms in total. The van der Waals surface area contributed by atoms with Gasteiger partial charge in [0.05, 0.1) is 12.2 Å². The van der Waals surface area contributed by atoms with Crippen molar-refractivity contribution in [3.05, 3.63) is 0 Å². The summed E-state index contributed by atoms with van der Waals surface area (Å²) in [5.41, 5.74) is 0. The molecule has 0 aliphatic rings. The van der Waals surface area contributed by atoms with Crippen LogP contribution < -0.4 is 0 Å². The van der Waals surface area contributed by atoms with Crippen LogP contribution in [0, 0.1) is 0 Å². The van der Waals surface area contributed by atoms with Gasteiger partial charge in [-0.3, -0.25) is 0 Å². The molecule has 0 saturated carbocycles. The zero-order chi connectivity index (χ0) is 24.6. The molecule has 0 radical (unpaired) electrons. The molecule has 0 aromatic rings.